The molecule has 7 heteroatoms. The molecule has 1 aromatic rings. The van der Waals surface area contributed by atoms with E-state index in [1.54, 1.807) is 49.9 Å². The highest BCUT2D eigenvalue weighted by Gasteiger charge is 2.40. The van der Waals surface area contributed by atoms with Crippen LogP contribution in [0.15, 0.2) is 24.3 Å². The Morgan fingerprint density at radius 3 is 1.95 bits per heavy atom. The molecule has 0 bridgehead atoms. The summed E-state index contributed by atoms with van der Waals surface area (Å²) in [5.74, 6) is 2.17. The summed E-state index contributed by atoms with van der Waals surface area (Å²) in [6, 6.07) is 4.95. The van der Waals surface area contributed by atoms with Gasteiger partial charge in [0.15, 0.2) is 0 Å². The van der Waals surface area contributed by atoms with Crippen molar-refractivity contribution in [1.82, 2.24) is 15.5 Å². The average molecular weight is 514 g/mol. The molecule has 0 saturated heterocycles. The van der Waals surface area contributed by atoms with E-state index in [1.807, 2.05) is 34.6 Å². The zero-order valence-corrected chi connectivity index (χ0v) is 24.3. The fraction of sp³-hybridized carbons (Fsp3) is 0.633. The monoisotopic (exact) mass is 513 g/mol. The molecule has 0 aromatic heterocycles. The third-order valence-electron chi connectivity index (χ3n) is 5.85. The number of hydrogen-bond acceptors (Lipinski definition) is 4. The van der Waals surface area contributed by atoms with Gasteiger partial charge in [-0.25, -0.2) is 4.79 Å². The van der Waals surface area contributed by atoms with Crippen LogP contribution in [0.3, 0.4) is 0 Å². The van der Waals surface area contributed by atoms with Crippen molar-refractivity contribution in [3.05, 3.63) is 35.4 Å². The second-order valence-electron chi connectivity index (χ2n) is 11.8. The van der Waals surface area contributed by atoms with Crippen molar-refractivity contribution in [2.24, 2.45) is 11.8 Å². The van der Waals surface area contributed by atoms with Crippen molar-refractivity contribution in [3.8, 4) is 12.3 Å². The number of carbonyl (C=O) groups excluding carboxylic acids is 3. The Bertz CT molecular complexity index is 939. The van der Waals surface area contributed by atoms with E-state index < -0.39 is 23.8 Å². The zero-order chi connectivity index (χ0) is 28.5. The number of benzene rings is 1. The summed E-state index contributed by atoms with van der Waals surface area (Å²) in [7, 11) is 0. The summed E-state index contributed by atoms with van der Waals surface area (Å²) in [6.07, 6.45) is 6.46. The minimum Gasteiger partial charge on any atom is -0.444 e. The topological polar surface area (TPSA) is 87.7 Å². The van der Waals surface area contributed by atoms with Gasteiger partial charge < -0.3 is 20.3 Å². The van der Waals surface area contributed by atoms with Gasteiger partial charge in [0.05, 0.1) is 0 Å². The molecule has 1 aromatic carbocycles. The molecule has 37 heavy (non-hydrogen) atoms. The van der Waals surface area contributed by atoms with E-state index in [0.29, 0.717) is 23.5 Å². The van der Waals surface area contributed by atoms with E-state index in [4.69, 9.17) is 11.2 Å². The quantitative estimate of drug-likeness (QED) is 0.386. The van der Waals surface area contributed by atoms with Crippen molar-refractivity contribution in [3.63, 3.8) is 0 Å². The molecule has 3 atom stereocenters. The number of amides is 3. The lowest BCUT2D eigenvalue weighted by atomic mass is 9.94. The molecule has 0 saturated carbocycles. The van der Waals surface area contributed by atoms with Crippen LogP contribution >= 0.6 is 0 Å². The van der Waals surface area contributed by atoms with Gasteiger partial charge in [-0.1, -0.05) is 45.7 Å². The highest BCUT2D eigenvalue weighted by atomic mass is 16.6. The summed E-state index contributed by atoms with van der Waals surface area (Å²) in [5, 5.41) is 5.75. The molecule has 0 aliphatic heterocycles. The van der Waals surface area contributed by atoms with Gasteiger partial charge in [0.2, 0.25) is 11.8 Å². The van der Waals surface area contributed by atoms with Crippen LogP contribution in [-0.2, 0) is 14.3 Å². The van der Waals surface area contributed by atoms with Crippen molar-refractivity contribution in [1.29, 1.82) is 0 Å². The second kappa shape index (κ2) is 14.1. The maximum Gasteiger partial charge on any atom is 0.408 e. The number of hydrogen-bond donors (Lipinski definition) is 2. The lowest BCUT2D eigenvalue weighted by Gasteiger charge is -2.40. The van der Waals surface area contributed by atoms with Crippen molar-refractivity contribution < 1.29 is 19.1 Å². The minimum absolute atomic E-state index is 0.122. The predicted octanol–water partition coefficient (Wildman–Crippen LogP) is 5.44. The number of nitrogens with one attached hydrogen (secondary N) is 2. The summed E-state index contributed by atoms with van der Waals surface area (Å²) in [4.78, 5) is 42.2. The highest BCUT2D eigenvalue weighted by molar-refractivity contribution is 5.92. The molecule has 206 valence electrons. The summed E-state index contributed by atoms with van der Waals surface area (Å²) >= 11 is 0. The first kappa shape index (κ1) is 32.0. The molecule has 0 aliphatic rings. The van der Waals surface area contributed by atoms with Crippen LogP contribution in [0.5, 0.6) is 0 Å². The molecular formula is C30H47N3O4. The van der Waals surface area contributed by atoms with E-state index in [2.05, 4.69) is 30.4 Å². The Hall–Kier alpha value is -3.01. The van der Waals surface area contributed by atoms with Gasteiger partial charge in [0.25, 0.3) is 0 Å². The fourth-order valence-electron chi connectivity index (χ4n) is 3.98. The Morgan fingerprint density at radius 2 is 1.51 bits per heavy atom. The molecule has 3 amide bonds. The molecule has 2 N–H and O–H groups in total. The smallest absolute Gasteiger partial charge is 0.408 e. The number of rotatable bonds is 11. The van der Waals surface area contributed by atoms with Crippen LogP contribution in [0, 0.1) is 24.2 Å². The van der Waals surface area contributed by atoms with E-state index in [1.165, 1.54) is 0 Å². The Labute approximate surface area is 224 Å². The van der Waals surface area contributed by atoms with Crippen molar-refractivity contribution in [2.45, 2.75) is 112 Å². The Balaban J connectivity index is 3.61. The minimum atomic E-state index is -0.898. The molecule has 3 unspecified atom stereocenters. The summed E-state index contributed by atoms with van der Waals surface area (Å²) in [5.41, 5.74) is 0.628. The molecule has 0 spiro atoms. The lowest BCUT2D eigenvalue weighted by Crippen LogP contribution is -2.57. The van der Waals surface area contributed by atoms with Crippen LogP contribution in [0.25, 0.3) is 0 Å². The van der Waals surface area contributed by atoms with Gasteiger partial charge in [-0.15, -0.1) is 6.42 Å². The van der Waals surface area contributed by atoms with Crippen LogP contribution in [0.4, 0.5) is 4.79 Å². The molecule has 7 nitrogen and oxygen atoms in total. The third-order valence-corrected chi connectivity index (χ3v) is 5.85. The molecule has 0 heterocycles. The lowest BCUT2D eigenvalue weighted by molar-refractivity contribution is -0.146. The van der Waals surface area contributed by atoms with Crippen LogP contribution in [0.1, 0.15) is 99.2 Å². The first-order valence-corrected chi connectivity index (χ1v) is 13.3. The standard InChI is InChI=1S/C30H47N3O4/c1-12-23-15-17-24(18-16-23)26(27(34)31-21(6)7)33(22(8)14-13-19(2)3)28(35)25(20(4)5)32-29(36)37-30(9,10)11/h1,15-22,25-26H,13-14H2,2-11H3,(H,31,34)(H,32,36). The number of nitrogens with zero attached hydrogens (tertiary/aromatic N) is 1. The largest absolute Gasteiger partial charge is 0.444 e. The summed E-state index contributed by atoms with van der Waals surface area (Å²) in [6.45, 7) is 19.0. The van der Waals surface area contributed by atoms with Gasteiger partial charge in [-0.3, -0.25) is 9.59 Å². The Kier molecular flexibility index (Phi) is 12.2. The molecule has 0 aliphatic carbocycles. The first-order chi connectivity index (χ1) is 17.1. The zero-order valence-electron chi connectivity index (χ0n) is 24.3. The Morgan fingerprint density at radius 1 is 0.946 bits per heavy atom. The molecular weight excluding hydrogens is 466 g/mol. The molecule has 1 rings (SSSR count). The maximum atomic E-state index is 14.2. The average Bonchev–Trinajstić information content (AvgIpc) is 2.77. The first-order valence-electron chi connectivity index (χ1n) is 13.3. The highest BCUT2D eigenvalue weighted by Crippen LogP contribution is 2.29. The number of alkyl carbamates (subject to hydrolysis) is 1. The van der Waals surface area contributed by atoms with Crippen molar-refractivity contribution in [2.75, 3.05) is 0 Å². The number of terminal acetylenes is 1. The molecule has 0 radical (unpaired) electrons. The maximum absolute atomic E-state index is 14.2. The van der Waals surface area contributed by atoms with Gasteiger partial charge >= 0.3 is 6.09 Å². The fourth-order valence-corrected chi connectivity index (χ4v) is 3.98. The second-order valence-corrected chi connectivity index (χ2v) is 11.8. The van der Waals surface area contributed by atoms with Gasteiger partial charge in [-0.2, -0.15) is 0 Å². The van der Waals surface area contributed by atoms with E-state index in [-0.39, 0.29) is 29.8 Å². The predicted molar refractivity (Wildman–Crippen MR) is 149 cm³/mol. The van der Waals surface area contributed by atoms with Gasteiger partial charge in [0, 0.05) is 17.6 Å². The number of ether oxygens (including phenoxy) is 1. The van der Waals surface area contributed by atoms with Gasteiger partial charge in [-0.05, 0) is 83.9 Å². The van der Waals surface area contributed by atoms with E-state index in [9.17, 15) is 14.4 Å². The van der Waals surface area contributed by atoms with E-state index in [0.717, 1.165) is 6.42 Å². The van der Waals surface area contributed by atoms with Crippen LogP contribution < -0.4 is 10.6 Å². The summed E-state index contributed by atoms with van der Waals surface area (Å²) < 4.78 is 5.44. The number of carbonyl (C=O) groups is 3. The van der Waals surface area contributed by atoms with Crippen molar-refractivity contribution >= 4 is 17.9 Å². The third kappa shape index (κ3) is 10.5. The molecule has 0 fully saturated rings. The SMILES string of the molecule is C#Cc1ccc(C(C(=O)NC(C)C)N(C(=O)C(NC(=O)OC(C)(C)C)C(C)C)C(C)CCC(C)C)cc1. The van der Waals surface area contributed by atoms with E-state index >= 15 is 0 Å². The normalized spacial score (nSPS) is 14.1. The van der Waals surface area contributed by atoms with Crippen LogP contribution in [0.2, 0.25) is 0 Å². The van der Waals surface area contributed by atoms with Gasteiger partial charge in [0.1, 0.15) is 17.7 Å². The van der Waals surface area contributed by atoms with Crippen LogP contribution in [-0.4, -0.2) is 46.5 Å².